The lowest BCUT2D eigenvalue weighted by Gasteiger charge is -2.29. The molecule has 148 valence electrons. The fourth-order valence-electron chi connectivity index (χ4n) is 4.40. The summed E-state index contributed by atoms with van der Waals surface area (Å²) in [5.41, 5.74) is 7.06. The van der Waals surface area contributed by atoms with Crippen molar-refractivity contribution in [3.05, 3.63) is 55.2 Å². The van der Waals surface area contributed by atoms with Crippen LogP contribution in [0.5, 0.6) is 0 Å². The number of rotatable bonds is 3. The van der Waals surface area contributed by atoms with E-state index in [1.165, 1.54) is 24.9 Å². The predicted octanol–water partition coefficient (Wildman–Crippen LogP) is 4.55. The van der Waals surface area contributed by atoms with E-state index in [-0.39, 0.29) is 0 Å². The van der Waals surface area contributed by atoms with Crippen LogP contribution in [-0.2, 0) is 0 Å². The van der Waals surface area contributed by atoms with Crippen molar-refractivity contribution >= 4 is 27.6 Å². The fourth-order valence-corrected chi connectivity index (χ4v) is 4.40. The third-order valence-corrected chi connectivity index (χ3v) is 5.92. The zero-order valence-corrected chi connectivity index (χ0v) is 16.5. The first-order chi connectivity index (χ1) is 14.9. The Labute approximate surface area is 173 Å². The lowest BCUT2D eigenvalue weighted by Crippen LogP contribution is -2.29. The van der Waals surface area contributed by atoms with Gasteiger partial charge in [-0.15, -0.1) is 0 Å². The summed E-state index contributed by atoms with van der Waals surface area (Å²) in [6, 6.07) is 10.6. The average molecular weight is 395 g/mol. The van der Waals surface area contributed by atoms with Gasteiger partial charge in [-0.3, -0.25) is 5.10 Å². The van der Waals surface area contributed by atoms with E-state index >= 15 is 0 Å². The first-order valence-electron chi connectivity index (χ1n) is 10.3. The fraction of sp³-hybridized carbons (Fsp3) is 0.217. The number of hydrogen-bond donors (Lipinski definition) is 2. The smallest absolute Gasteiger partial charge is 0.139 e. The van der Waals surface area contributed by atoms with E-state index in [0.29, 0.717) is 0 Å². The van der Waals surface area contributed by atoms with Crippen LogP contribution in [0.15, 0.2) is 55.2 Å². The summed E-state index contributed by atoms with van der Waals surface area (Å²) in [7, 11) is 0. The van der Waals surface area contributed by atoms with E-state index < -0.39 is 0 Å². The molecular weight excluding hydrogens is 374 g/mol. The molecule has 1 aliphatic heterocycles. The third-order valence-electron chi connectivity index (χ3n) is 5.92. The number of piperidine rings is 1. The quantitative estimate of drug-likeness (QED) is 0.468. The largest absolute Gasteiger partial charge is 0.371 e. The maximum absolute atomic E-state index is 4.61. The van der Waals surface area contributed by atoms with Gasteiger partial charge >= 0.3 is 0 Å². The van der Waals surface area contributed by atoms with E-state index in [9.17, 15) is 0 Å². The Kier molecular flexibility index (Phi) is 3.97. The van der Waals surface area contributed by atoms with Crippen molar-refractivity contribution in [2.45, 2.75) is 19.3 Å². The topological polar surface area (TPSA) is 86.4 Å². The molecule has 0 atom stereocenters. The van der Waals surface area contributed by atoms with Crippen molar-refractivity contribution in [1.29, 1.82) is 0 Å². The minimum Gasteiger partial charge on any atom is -0.371 e. The molecular formula is C23H21N7. The molecule has 0 radical (unpaired) electrons. The number of nitrogens with one attached hydrogen (secondary N) is 2. The van der Waals surface area contributed by atoms with Crippen molar-refractivity contribution < 1.29 is 0 Å². The number of aromatic nitrogens is 6. The summed E-state index contributed by atoms with van der Waals surface area (Å²) >= 11 is 0. The molecule has 7 heteroatoms. The van der Waals surface area contributed by atoms with E-state index in [1.807, 2.05) is 24.7 Å². The Balaban J connectivity index is 1.47. The van der Waals surface area contributed by atoms with Crippen molar-refractivity contribution in [2.24, 2.45) is 0 Å². The van der Waals surface area contributed by atoms with Crippen molar-refractivity contribution in [1.82, 2.24) is 30.1 Å². The summed E-state index contributed by atoms with van der Waals surface area (Å²) < 4.78 is 0. The number of fused-ring (bicyclic) bond motifs is 2. The highest BCUT2D eigenvalue weighted by molar-refractivity contribution is 5.99. The van der Waals surface area contributed by atoms with Gasteiger partial charge in [0.2, 0.25) is 0 Å². The predicted molar refractivity (Wildman–Crippen MR) is 118 cm³/mol. The van der Waals surface area contributed by atoms with Gasteiger partial charge < -0.3 is 9.88 Å². The molecule has 2 N–H and O–H groups in total. The highest BCUT2D eigenvalue weighted by atomic mass is 15.1. The van der Waals surface area contributed by atoms with Gasteiger partial charge in [-0.2, -0.15) is 5.10 Å². The number of anilines is 1. The lowest BCUT2D eigenvalue weighted by atomic mass is 10.0. The maximum atomic E-state index is 4.61. The Bertz CT molecular complexity index is 1330. The normalized spacial score (nSPS) is 14.6. The molecule has 0 amide bonds. The average Bonchev–Trinajstić information content (AvgIpc) is 3.43. The van der Waals surface area contributed by atoms with Gasteiger partial charge in [0.15, 0.2) is 0 Å². The monoisotopic (exact) mass is 395 g/mol. The Hall–Kier alpha value is -3.74. The van der Waals surface area contributed by atoms with Crippen molar-refractivity contribution in [3.8, 4) is 22.5 Å². The van der Waals surface area contributed by atoms with Gasteiger partial charge in [0.05, 0.1) is 11.2 Å². The van der Waals surface area contributed by atoms with Crippen LogP contribution < -0.4 is 4.90 Å². The van der Waals surface area contributed by atoms with Gasteiger partial charge in [-0.05, 0) is 49.1 Å². The van der Waals surface area contributed by atoms with Gasteiger partial charge in [-0.25, -0.2) is 15.0 Å². The van der Waals surface area contributed by atoms with Gasteiger partial charge in [0, 0.05) is 53.7 Å². The highest BCUT2D eigenvalue weighted by Gasteiger charge is 2.18. The van der Waals surface area contributed by atoms with Crippen LogP contribution >= 0.6 is 0 Å². The number of hydrogen-bond acceptors (Lipinski definition) is 5. The molecule has 1 aliphatic rings. The molecule has 1 aromatic carbocycles. The molecule has 6 rings (SSSR count). The van der Waals surface area contributed by atoms with Crippen molar-refractivity contribution in [3.63, 3.8) is 0 Å². The summed E-state index contributed by atoms with van der Waals surface area (Å²) in [6.07, 6.45) is 10.9. The Morgan fingerprint density at radius 3 is 2.60 bits per heavy atom. The van der Waals surface area contributed by atoms with E-state index in [1.54, 1.807) is 6.33 Å². The third kappa shape index (κ3) is 2.82. The molecule has 0 aliphatic carbocycles. The number of aromatic amines is 2. The second-order valence-corrected chi connectivity index (χ2v) is 7.78. The SMILES string of the molecule is c1ncc(-c2ccc3[nH]nc(-c4cc5c(N6CCCCC6)ccnc5[nH]4)c3c2)cn1. The van der Waals surface area contributed by atoms with E-state index in [0.717, 1.165) is 57.5 Å². The lowest BCUT2D eigenvalue weighted by molar-refractivity contribution is 0.579. The maximum Gasteiger partial charge on any atom is 0.139 e. The highest BCUT2D eigenvalue weighted by Crippen LogP contribution is 2.34. The molecule has 1 saturated heterocycles. The van der Waals surface area contributed by atoms with E-state index in [2.05, 4.69) is 59.3 Å². The molecule has 0 spiro atoms. The molecule has 0 saturated carbocycles. The first kappa shape index (κ1) is 17.1. The Morgan fingerprint density at radius 1 is 0.867 bits per heavy atom. The molecule has 30 heavy (non-hydrogen) atoms. The minimum absolute atomic E-state index is 0.895. The summed E-state index contributed by atoms with van der Waals surface area (Å²) in [6.45, 7) is 2.21. The minimum atomic E-state index is 0.895. The summed E-state index contributed by atoms with van der Waals surface area (Å²) in [5.74, 6) is 0. The molecule has 7 nitrogen and oxygen atoms in total. The second-order valence-electron chi connectivity index (χ2n) is 7.78. The molecule has 5 heterocycles. The number of nitrogens with zero attached hydrogens (tertiary/aromatic N) is 5. The molecule has 0 bridgehead atoms. The summed E-state index contributed by atoms with van der Waals surface area (Å²) in [4.78, 5) is 18.8. The number of pyridine rings is 1. The molecule has 1 fully saturated rings. The van der Waals surface area contributed by atoms with Crippen LogP contribution in [0.3, 0.4) is 0 Å². The van der Waals surface area contributed by atoms with Crippen LogP contribution in [0.2, 0.25) is 0 Å². The Morgan fingerprint density at radius 2 is 1.73 bits per heavy atom. The molecule has 0 unspecified atom stereocenters. The van der Waals surface area contributed by atoms with Crippen LogP contribution in [0, 0.1) is 0 Å². The zero-order valence-electron chi connectivity index (χ0n) is 16.5. The van der Waals surface area contributed by atoms with E-state index in [4.69, 9.17) is 0 Å². The summed E-state index contributed by atoms with van der Waals surface area (Å²) in [5, 5.41) is 9.97. The second kappa shape index (κ2) is 6.95. The molecule has 4 aromatic heterocycles. The van der Waals surface area contributed by atoms with Gasteiger partial charge in [0.1, 0.15) is 17.7 Å². The standard InChI is InChI=1S/C23H21N7/c1-2-8-30(9-3-1)21-6-7-26-23-18(21)11-20(27-23)22-17-10-15(4-5-19(17)28-29-22)16-12-24-14-25-13-16/h4-7,10-14H,1-3,8-9H2,(H,26,27)(H,28,29). The van der Waals surface area contributed by atoms with Crippen LogP contribution in [0.25, 0.3) is 44.5 Å². The van der Waals surface area contributed by atoms with Crippen LogP contribution in [0.1, 0.15) is 19.3 Å². The number of H-pyrrole nitrogens is 2. The van der Waals surface area contributed by atoms with Gasteiger partial charge in [-0.1, -0.05) is 6.07 Å². The van der Waals surface area contributed by atoms with Crippen LogP contribution in [0.4, 0.5) is 5.69 Å². The van der Waals surface area contributed by atoms with Gasteiger partial charge in [0.25, 0.3) is 0 Å². The van der Waals surface area contributed by atoms with Crippen LogP contribution in [-0.4, -0.2) is 43.2 Å². The first-order valence-corrected chi connectivity index (χ1v) is 10.3. The zero-order chi connectivity index (χ0) is 19.9. The molecule has 5 aromatic rings. The van der Waals surface area contributed by atoms with Crippen molar-refractivity contribution in [2.75, 3.05) is 18.0 Å². The number of benzene rings is 1.